The normalized spacial score (nSPS) is 23.4. The lowest BCUT2D eigenvalue weighted by molar-refractivity contribution is -0.130. The van der Waals surface area contributed by atoms with Gasteiger partial charge in [-0.15, -0.1) is 0 Å². The maximum absolute atomic E-state index is 13.1. The Morgan fingerprint density at radius 1 is 1.22 bits per heavy atom. The Labute approximate surface area is 162 Å². The van der Waals surface area contributed by atoms with Crippen molar-refractivity contribution in [1.29, 1.82) is 0 Å². The second-order valence-corrected chi connectivity index (χ2v) is 8.19. The van der Waals surface area contributed by atoms with Crippen molar-refractivity contribution in [2.45, 2.75) is 18.4 Å². The predicted octanol–water partition coefficient (Wildman–Crippen LogP) is 2.38. The highest BCUT2D eigenvalue weighted by molar-refractivity contribution is 7.08. The molecule has 2 saturated heterocycles. The van der Waals surface area contributed by atoms with Gasteiger partial charge in [-0.1, -0.05) is 12.1 Å². The van der Waals surface area contributed by atoms with E-state index in [1.165, 1.54) is 12.1 Å². The number of nitrogens with zero attached hydrogens (tertiary/aromatic N) is 3. The summed E-state index contributed by atoms with van der Waals surface area (Å²) < 4.78 is 13.1. The Morgan fingerprint density at radius 3 is 2.70 bits per heavy atom. The van der Waals surface area contributed by atoms with Crippen LogP contribution in [0.4, 0.5) is 10.1 Å². The van der Waals surface area contributed by atoms with Gasteiger partial charge in [0.2, 0.25) is 11.8 Å². The van der Waals surface area contributed by atoms with E-state index in [1.54, 1.807) is 23.5 Å². The number of hydrogen-bond donors (Lipinski definition) is 0. The zero-order valence-electron chi connectivity index (χ0n) is 15.2. The minimum absolute atomic E-state index is 0.0471. The van der Waals surface area contributed by atoms with Crippen LogP contribution in [0.25, 0.3) is 0 Å². The highest BCUT2D eigenvalue weighted by Crippen LogP contribution is 2.34. The van der Waals surface area contributed by atoms with E-state index in [9.17, 15) is 14.0 Å². The van der Waals surface area contributed by atoms with Gasteiger partial charge in [0.15, 0.2) is 0 Å². The van der Waals surface area contributed by atoms with Crippen LogP contribution in [0, 0.1) is 5.82 Å². The Balaban J connectivity index is 1.47. The summed E-state index contributed by atoms with van der Waals surface area (Å²) in [6.07, 6.45) is 1.11. The van der Waals surface area contributed by atoms with Gasteiger partial charge in [-0.3, -0.25) is 14.5 Å². The Kier molecular flexibility index (Phi) is 4.74. The van der Waals surface area contributed by atoms with E-state index < -0.39 is 0 Å². The summed E-state index contributed by atoms with van der Waals surface area (Å²) in [5.74, 6) is -0.156. The first-order chi connectivity index (χ1) is 13.0. The fraction of sp³-hybridized carbons (Fsp3) is 0.400. The summed E-state index contributed by atoms with van der Waals surface area (Å²) in [7, 11) is 1.97. The van der Waals surface area contributed by atoms with Crippen LogP contribution in [0.1, 0.15) is 12.0 Å². The smallest absolute Gasteiger partial charge is 0.241 e. The molecule has 0 N–H and O–H groups in total. The minimum Gasteiger partial charge on any atom is -0.340 e. The Morgan fingerprint density at radius 2 is 2.00 bits per heavy atom. The molecular weight excluding hydrogens is 365 g/mol. The number of likely N-dealkylation sites (N-methyl/N-ethyl adjacent to an activating group) is 1. The van der Waals surface area contributed by atoms with Gasteiger partial charge < -0.3 is 9.80 Å². The average molecular weight is 387 g/mol. The topological polar surface area (TPSA) is 43.9 Å². The molecule has 1 aromatic heterocycles. The first kappa shape index (κ1) is 18.1. The number of rotatable bonds is 3. The lowest BCUT2D eigenvalue weighted by Crippen LogP contribution is -2.64. The van der Waals surface area contributed by atoms with Gasteiger partial charge >= 0.3 is 0 Å². The fourth-order valence-corrected chi connectivity index (χ4v) is 4.65. The highest BCUT2D eigenvalue weighted by Gasteiger charge is 2.48. The van der Waals surface area contributed by atoms with Gasteiger partial charge in [-0.25, -0.2) is 4.39 Å². The summed E-state index contributed by atoms with van der Waals surface area (Å²) >= 11 is 1.58. The lowest BCUT2D eigenvalue weighted by atomic mass is 9.93. The molecule has 2 aliphatic heterocycles. The van der Waals surface area contributed by atoms with Crippen molar-refractivity contribution in [3.63, 3.8) is 0 Å². The van der Waals surface area contributed by atoms with Crippen LogP contribution in [0.15, 0.2) is 41.1 Å². The molecule has 2 aromatic rings. The molecule has 2 aliphatic rings. The van der Waals surface area contributed by atoms with Crippen molar-refractivity contribution in [3.05, 3.63) is 52.5 Å². The van der Waals surface area contributed by atoms with Crippen LogP contribution in [-0.4, -0.2) is 60.4 Å². The standard InChI is InChI=1S/C20H22FN3O2S/c1-22-11-19(26)24(17-6-9-27-12-17)14-20(22)7-8-23(13-20)18(25)10-15-2-4-16(21)5-3-15/h2-6,9,12H,7-8,10-11,13-14H2,1H3. The molecular formula is C20H22FN3O2S. The molecule has 2 fully saturated rings. The monoisotopic (exact) mass is 387 g/mol. The average Bonchev–Trinajstić information content (AvgIpc) is 3.31. The van der Waals surface area contributed by atoms with Crippen LogP contribution in [0.5, 0.6) is 0 Å². The molecule has 142 valence electrons. The summed E-state index contributed by atoms with van der Waals surface area (Å²) in [5.41, 5.74) is 1.54. The van der Waals surface area contributed by atoms with Gasteiger partial charge in [0.1, 0.15) is 5.82 Å². The molecule has 2 amide bonds. The number of hydrogen-bond acceptors (Lipinski definition) is 4. The number of benzene rings is 1. The second-order valence-electron chi connectivity index (χ2n) is 7.41. The van der Waals surface area contributed by atoms with Crippen molar-refractivity contribution in [2.75, 3.05) is 38.1 Å². The molecule has 1 atom stereocenters. The van der Waals surface area contributed by atoms with Crippen LogP contribution in [-0.2, 0) is 16.0 Å². The Bertz CT molecular complexity index is 839. The van der Waals surface area contributed by atoms with Crippen molar-refractivity contribution < 1.29 is 14.0 Å². The van der Waals surface area contributed by atoms with Crippen molar-refractivity contribution in [3.8, 4) is 0 Å². The predicted molar refractivity (Wildman–Crippen MR) is 103 cm³/mol. The summed E-state index contributed by atoms with van der Waals surface area (Å²) in [6, 6.07) is 8.04. The van der Waals surface area contributed by atoms with Crippen molar-refractivity contribution >= 4 is 28.8 Å². The molecule has 1 aromatic carbocycles. The van der Waals surface area contributed by atoms with Crippen molar-refractivity contribution in [2.24, 2.45) is 0 Å². The van der Waals surface area contributed by atoms with E-state index in [1.807, 2.05) is 33.7 Å². The molecule has 27 heavy (non-hydrogen) atoms. The number of anilines is 1. The molecule has 3 heterocycles. The summed E-state index contributed by atoms with van der Waals surface area (Å²) in [5, 5.41) is 3.96. The number of carbonyl (C=O) groups excluding carboxylic acids is 2. The lowest BCUT2D eigenvalue weighted by Gasteiger charge is -2.46. The fourth-order valence-electron chi connectivity index (χ4n) is 4.00. The summed E-state index contributed by atoms with van der Waals surface area (Å²) in [6.45, 7) is 2.24. The van der Waals surface area contributed by atoms with Gasteiger partial charge in [-0.2, -0.15) is 11.3 Å². The largest absolute Gasteiger partial charge is 0.340 e. The molecule has 0 saturated carbocycles. The molecule has 0 bridgehead atoms. The molecule has 0 radical (unpaired) electrons. The van der Waals surface area contributed by atoms with E-state index >= 15 is 0 Å². The number of piperazine rings is 1. The van der Waals surface area contributed by atoms with Gasteiger partial charge in [0.25, 0.3) is 0 Å². The first-order valence-corrected chi connectivity index (χ1v) is 9.97. The quantitative estimate of drug-likeness (QED) is 0.812. The van der Waals surface area contributed by atoms with Crippen LogP contribution >= 0.6 is 11.3 Å². The van der Waals surface area contributed by atoms with Crippen molar-refractivity contribution in [1.82, 2.24) is 9.80 Å². The molecule has 7 heteroatoms. The van der Waals surface area contributed by atoms with Gasteiger partial charge in [0, 0.05) is 25.0 Å². The van der Waals surface area contributed by atoms with E-state index in [2.05, 4.69) is 4.90 Å². The zero-order chi connectivity index (χ0) is 19.0. The number of amides is 2. The van der Waals surface area contributed by atoms with E-state index in [0.29, 0.717) is 26.2 Å². The van der Waals surface area contributed by atoms with E-state index in [0.717, 1.165) is 17.7 Å². The number of thiophene rings is 1. The third-order valence-corrected chi connectivity index (χ3v) is 6.38. The Hall–Kier alpha value is -2.25. The van der Waals surface area contributed by atoms with Crippen LogP contribution in [0.3, 0.4) is 0 Å². The SMILES string of the molecule is CN1CC(=O)N(c2ccsc2)CC12CCN(C(=O)Cc1ccc(F)cc1)C2. The maximum atomic E-state index is 13.1. The number of carbonyl (C=O) groups is 2. The molecule has 5 nitrogen and oxygen atoms in total. The van der Waals surface area contributed by atoms with Gasteiger partial charge in [-0.05, 0) is 42.6 Å². The van der Waals surface area contributed by atoms with Crippen LogP contribution < -0.4 is 4.90 Å². The second kappa shape index (κ2) is 7.05. The molecule has 0 aliphatic carbocycles. The minimum atomic E-state index is -0.298. The van der Waals surface area contributed by atoms with Gasteiger partial charge in [0.05, 0.1) is 24.2 Å². The highest BCUT2D eigenvalue weighted by atomic mass is 32.1. The summed E-state index contributed by atoms with van der Waals surface area (Å²) in [4.78, 5) is 31.1. The van der Waals surface area contributed by atoms with E-state index in [-0.39, 0.29) is 29.6 Å². The molecule has 1 unspecified atom stereocenters. The third-order valence-electron chi connectivity index (χ3n) is 5.71. The van der Waals surface area contributed by atoms with E-state index in [4.69, 9.17) is 0 Å². The number of likely N-dealkylation sites (tertiary alicyclic amines) is 1. The van der Waals surface area contributed by atoms with Crippen LogP contribution in [0.2, 0.25) is 0 Å². The molecule has 4 rings (SSSR count). The first-order valence-electron chi connectivity index (χ1n) is 9.03. The maximum Gasteiger partial charge on any atom is 0.241 e. The molecule has 1 spiro atoms. The number of halogens is 1. The zero-order valence-corrected chi connectivity index (χ0v) is 16.0. The third kappa shape index (κ3) is 3.49.